The van der Waals surface area contributed by atoms with Crippen LogP contribution in [-0.4, -0.2) is 32.8 Å². The summed E-state index contributed by atoms with van der Waals surface area (Å²) in [6.45, 7) is 7.60. The molecule has 2 rings (SSSR count). The molecule has 1 aliphatic rings. The maximum Gasteiger partial charge on any atom is 0.0952 e. The minimum absolute atomic E-state index is 0.0509. The lowest BCUT2D eigenvalue weighted by Gasteiger charge is -2.23. The number of aromatic nitrogens is 2. The van der Waals surface area contributed by atoms with Gasteiger partial charge in [-0.15, -0.1) is 0 Å². The summed E-state index contributed by atoms with van der Waals surface area (Å²) in [7, 11) is 0. The fraction of sp³-hybridized carbons (Fsp3) is 0.786. The average molecular weight is 251 g/mol. The van der Waals surface area contributed by atoms with Crippen molar-refractivity contribution in [3.63, 3.8) is 0 Å². The smallest absolute Gasteiger partial charge is 0.0952 e. The zero-order chi connectivity index (χ0) is 13.2. The van der Waals surface area contributed by atoms with E-state index in [2.05, 4.69) is 35.6 Å². The molecular formula is C14H25N3O. The lowest BCUT2D eigenvalue weighted by Crippen LogP contribution is -2.42. The van der Waals surface area contributed by atoms with Crippen LogP contribution in [0.1, 0.15) is 45.0 Å². The van der Waals surface area contributed by atoms with Crippen molar-refractivity contribution in [2.24, 2.45) is 0 Å². The molecule has 0 saturated heterocycles. The highest BCUT2D eigenvalue weighted by Gasteiger charge is 2.18. The van der Waals surface area contributed by atoms with Gasteiger partial charge in [0.15, 0.2) is 0 Å². The first-order valence-corrected chi connectivity index (χ1v) is 6.92. The van der Waals surface area contributed by atoms with Crippen molar-refractivity contribution < 1.29 is 5.11 Å². The number of aliphatic hydroxyl groups is 1. The van der Waals surface area contributed by atoms with Gasteiger partial charge < -0.3 is 15.0 Å². The molecule has 4 heteroatoms. The van der Waals surface area contributed by atoms with E-state index in [0.29, 0.717) is 13.1 Å². The molecule has 0 saturated carbocycles. The van der Waals surface area contributed by atoms with E-state index in [4.69, 9.17) is 0 Å². The Bertz CT molecular complexity index is 392. The highest BCUT2D eigenvalue weighted by molar-refractivity contribution is 5.16. The van der Waals surface area contributed by atoms with E-state index in [-0.39, 0.29) is 11.6 Å². The van der Waals surface area contributed by atoms with E-state index in [1.54, 1.807) is 0 Å². The van der Waals surface area contributed by atoms with E-state index in [1.807, 2.05) is 6.33 Å². The summed E-state index contributed by atoms with van der Waals surface area (Å²) in [5, 5.41) is 13.4. The van der Waals surface area contributed by atoms with Crippen molar-refractivity contribution in [2.75, 3.05) is 6.54 Å². The van der Waals surface area contributed by atoms with Crippen molar-refractivity contribution in [2.45, 2.75) is 64.6 Å². The van der Waals surface area contributed by atoms with E-state index in [1.165, 1.54) is 24.2 Å². The van der Waals surface area contributed by atoms with Gasteiger partial charge in [-0.3, -0.25) is 0 Å². The van der Waals surface area contributed by atoms with Gasteiger partial charge in [-0.2, -0.15) is 0 Å². The van der Waals surface area contributed by atoms with Gasteiger partial charge in [-0.25, -0.2) is 4.98 Å². The predicted octanol–water partition coefficient (Wildman–Crippen LogP) is 1.51. The van der Waals surface area contributed by atoms with Gasteiger partial charge in [-0.1, -0.05) is 0 Å². The maximum absolute atomic E-state index is 10.1. The van der Waals surface area contributed by atoms with Crippen molar-refractivity contribution >= 4 is 0 Å². The van der Waals surface area contributed by atoms with Gasteiger partial charge in [0.2, 0.25) is 0 Å². The highest BCUT2D eigenvalue weighted by Crippen LogP contribution is 2.19. The highest BCUT2D eigenvalue weighted by atomic mass is 16.3. The topological polar surface area (TPSA) is 50.1 Å². The Labute approximate surface area is 109 Å². The van der Waals surface area contributed by atoms with Crippen LogP contribution >= 0.6 is 0 Å². The Balaban J connectivity index is 1.91. The molecule has 0 aromatic carbocycles. The summed E-state index contributed by atoms with van der Waals surface area (Å²) in [6.07, 6.45) is 6.22. The van der Waals surface area contributed by atoms with E-state index >= 15 is 0 Å². The Hall–Kier alpha value is -0.870. The number of nitrogens with one attached hydrogen (secondary N) is 1. The van der Waals surface area contributed by atoms with Gasteiger partial charge in [0.1, 0.15) is 0 Å². The first kappa shape index (κ1) is 13.6. The van der Waals surface area contributed by atoms with Gasteiger partial charge >= 0.3 is 0 Å². The third-order valence-corrected chi connectivity index (χ3v) is 3.39. The SMILES string of the molecule is CC(C)(C)NCC(O)Cn1cnc2c1CCCC2. The monoisotopic (exact) mass is 251 g/mol. The van der Waals surface area contributed by atoms with Crippen molar-refractivity contribution in [1.29, 1.82) is 0 Å². The van der Waals surface area contributed by atoms with Crippen LogP contribution < -0.4 is 5.32 Å². The van der Waals surface area contributed by atoms with E-state index in [9.17, 15) is 5.11 Å². The number of aryl methyl sites for hydroxylation is 1. The van der Waals surface area contributed by atoms with Crippen LogP contribution in [0.2, 0.25) is 0 Å². The van der Waals surface area contributed by atoms with Crippen LogP contribution in [0.5, 0.6) is 0 Å². The van der Waals surface area contributed by atoms with Crippen LogP contribution in [0.25, 0.3) is 0 Å². The summed E-state index contributed by atoms with van der Waals surface area (Å²) in [5.74, 6) is 0. The lowest BCUT2D eigenvalue weighted by atomic mass is 10.0. The molecule has 0 amide bonds. The number of fused-ring (bicyclic) bond motifs is 1. The standard InChI is InChI=1S/C14H25N3O/c1-14(2,3)16-8-11(18)9-17-10-15-12-6-4-5-7-13(12)17/h10-11,16,18H,4-9H2,1-3H3. The van der Waals surface area contributed by atoms with Gasteiger partial charge in [-0.05, 0) is 46.5 Å². The summed E-state index contributed by atoms with van der Waals surface area (Å²) in [4.78, 5) is 4.45. The van der Waals surface area contributed by atoms with Gasteiger partial charge in [0.25, 0.3) is 0 Å². The van der Waals surface area contributed by atoms with Crippen LogP contribution in [0.4, 0.5) is 0 Å². The number of rotatable bonds is 4. The molecule has 18 heavy (non-hydrogen) atoms. The third-order valence-electron chi connectivity index (χ3n) is 3.39. The summed E-state index contributed by atoms with van der Waals surface area (Å²) in [6, 6.07) is 0. The Morgan fingerprint density at radius 2 is 2.11 bits per heavy atom. The third kappa shape index (κ3) is 3.56. The first-order valence-electron chi connectivity index (χ1n) is 6.92. The largest absolute Gasteiger partial charge is 0.390 e. The van der Waals surface area contributed by atoms with Crippen LogP contribution in [0, 0.1) is 0 Å². The Morgan fingerprint density at radius 1 is 1.39 bits per heavy atom. The van der Waals surface area contributed by atoms with Crippen LogP contribution in [-0.2, 0) is 19.4 Å². The molecule has 0 bridgehead atoms. The summed E-state index contributed by atoms with van der Waals surface area (Å²) < 4.78 is 2.13. The lowest BCUT2D eigenvalue weighted by molar-refractivity contribution is 0.141. The molecule has 1 aliphatic carbocycles. The minimum atomic E-state index is -0.357. The molecule has 1 unspecified atom stereocenters. The molecule has 0 aliphatic heterocycles. The molecule has 1 heterocycles. The Kier molecular flexibility index (Phi) is 4.07. The van der Waals surface area contributed by atoms with Crippen molar-refractivity contribution in [1.82, 2.24) is 14.9 Å². The summed E-state index contributed by atoms with van der Waals surface area (Å²) >= 11 is 0. The predicted molar refractivity (Wildman–Crippen MR) is 72.6 cm³/mol. The molecule has 0 radical (unpaired) electrons. The van der Waals surface area contributed by atoms with Gasteiger partial charge in [0, 0.05) is 17.8 Å². The second-order valence-electron chi connectivity index (χ2n) is 6.28. The molecule has 2 N–H and O–H groups in total. The molecule has 0 fully saturated rings. The zero-order valence-electron chi connectivity index (χ0n) is 11.7. The van der Waals surface area contributed by atoms with E-state index < -0.39 is 0 Å². The van der Waals surface area contributed by atoms with Gasteiger partial charge in [0.05, 0.1) is 24.7 Å². The molecular weight excluding hydrogens is 226 g/mol. The molecule has 0 spiro atoms. The second kappa shape index (κ2) is 5.41. The minimum Gasteiger partial charge on any atom is -0.390 e. The molecule has 1 aromatic heterocycles. The zero-order valence-corrected chi connectivity index (χ0v) is 11.7. The number of hydrogen-bond acceptors (Lipinski definition) is 3. The average Bonchev–Trinajstić information content (AvgIpc) is 2.70. The number of nitrogens with zero attached hydrogens (tertiary/aromatic N) is 2. The fourth-order valence-electron chi connectivity index (χ4n) is 2.40. The number of imidazole rings is 1. The van der Waals surface area contributed by atoms with Crippen LogP contribution in [0.3, 0.4) is 0 Å². The quantitative estimate of drug-likeness (QED) is 0.853. The maximum atomic E-state index is 10.1. The normalized spacial score (nSPS) is 17.6. The summed E-state index contributed by atoms with van der Waals surface area (Å²) in [5.41, 5.74) is 2.61. The molecule has 1 atom stereocenters. The van der Waals surface area contributed by atoms with Crippen molar-refractivity contribution in [3.05, 3.63) is 17.7 Å². The number of β-amino-alcohol motifs (C(OH)–C–C–N with tert-alkyl or cyclic N) is 1. The molecule has 1 aromatic rings. The molecule has 102 valence electrons. The van der Waals surface area contributed by atoms with Crippen LogP contribution in [0.15, 0.2) is 6.33 Å². The Morgan fingerprint density at radius 3 is 2.83 bits per heavy atom. The van der Waals surface area contributed by atoms with E-state index in [0.717, 1.165) is 12.8 Å². The number of hydrogen-bond donors (Lipinski definition) is 2. The second-order valence-corrected chi connectivity index (χ2v) is 6.28. The number of aliphatic hydroxyl groups excluding tert-OH is 1. The first-order chi connectivity index (χ1) is 8.46. The molecule has 4 nitrogen and oxygen atoms in total. The fourth-order valence-corrected chi connectivity index (χ4v) is 2.40. The van der Waals surface area contributed by atoms with Crippen molar-refractivity contribution in [3.8, 4) is 0 Å².